The van der Waals surface area contributed by atoms with Crippen molar-refractivity contribution in [2.24, 2.45) is 10.9 Å². The molecule has 1 aromatic carbocycles. The normalized spacial score (nSPS) is 14.4. The Bertz CT molecular complexity index is 509. The fraction of sp³-hybridized carbons (Fsp3) is 0.385. The van der Waals surface area contributed by atoms with E-state index in [2.05, 4.69) is 20.9 Å². The van der Waals surface area contributed by atoms with Crippen molar-refractivity contribution in [2.75, 3.05) is 0 Å². The predicted molar refractivity (Wildman–Crippen MR) is 73.0 cm³/mol. The third kappa shape index (κ3) is 4.33. The summed E-state index contributed by atoms with van der Waals surface area (Å²) < 4.78 is 39.8. The van der Waals surface area contributed by atoms with Crippen LogP contribution >= 0.6 is 15.9 Å². The highest BCUT2D eigenvalue weighted by Gasteiger charge is 2.38. The summed E-state index contributed by atoms with van der Waals surface area (Å²) in [5, 5.41) is 8.97. The predicted octanol–water partition coefficient (Wildman–Crippen LogP) is 3.91. The first kappa shape index (κ1) is 16.7. The van der Waals surface area contributed by atoms with E-state index >= 15 is 0 Å². The molecule has 0 amide bonds. The number of halogens is 4. The monoisotopic (exact) mass is 351 g/mol. The number of carboxylic acid groups (broad SMARTS) is 1. The molecule has 3 nitrogen and oxygen atoms in total. The molecule has 0 fully saturated rings. The Labute approximate surface area is 122 Å². The van der Waals surface area contributed by atoms with Gasteiger partial charge in [-0.2, -0.15) is 13.2 Å². The summed E-state index contributed by atoms with van der Waals surface area (Å²) >= 11 is 3.13. The lowest BCUT2D eigenvalue weighted by Crippen LogP contribution is -2.31. The molecule has 1 aromatic rings. The van der Waals surface area contributed by atoms with Crippen molar-refractivity contribution in [1.29, 1.82) is 0 Å². The summed E-state index contributed by atoms with van der Waals surface area (Å²) in [6.07, 6.45) is -4.71. The zero-order chi connectivity index (χ0) is 15.5. The van der Waals surface area contributed by atoms with E-state index in [4.69, 9.17) is 5.11 Å². The molecular weight excluding hydrogens is 339 g/mol. The van der Waals surface area contributed by atoms with Crippen LogP contribution in [-0.4, -0.2) is 29.0 Å². The Morgan fingerprint density at radius 2 is 1.75 bits per heavy atom. The molecule has 0 aliphatic carbocycles. The molecule has 0 aromatic heterocycles. The second-order valence-corrected chi connectivity index (χ2v) is 5.43. The Morgan fingerprint density at radius 3 is 2.10 bits per heavy atom. The zero-order valence-corrected chi connectivity index (χ0v) is 12.4. The number of carbonyl (C=O) groups is 1. The lowest BCUT2D eigenvalue weighted by Gasteiger charge is -2.16. The van der Waals surface area contributed by atoms with Crippen LogP contribution in [0.4, 0.5) is 13.2 Å². The van der Waals surface area contributed by atoms with E-state index in [1.54, 1.807) is 0 Å². The van der Waals surface area contributed by atoms with E-state index in [9.17, 15) is 18.0 Å². The quantitative estimate of drug-likeness (QED) is 0.836. The fourth-order valence-corrected chi connectivity index (χ4v) is 1.81. The Hall–Kier alpha value is -1.37. The van der Waals surface area contributed by atoms with E-state index in [1.165, 1.54) is 38.1 Å². The zero-order valence-electron chi connectivity index (χ0n) is 10.8. The standard InChI is InChI=1S/C13H13BrF3NO2/c1-7(2)10(12(19)20)18-11(13(15,16)17)8-3-5-9(14)6-4-8/h3-7,10H,1-2H3,(H,19,20)/t10-/m0/s1. The Balaban J connectivity index is 3.32. The van der Waals surface area contributed by atoms with Gasteiger partial charge in [0.2, 0.25) is 0 Å². The van der Waals surface area contributed by atoms with Gasteiger partial charge in [0.15, 0.2) is 0 Å². The second-order valence-electron chi connectivity index (χ2n) is 4.51. The van der Waals surface area contributed by atoms with Gasteiger partial charge in [0.05, 0.1) is 0 Å². The topological polar surface area (TPSA) is 49.7 Å². The second kappa shape index (κ2) is 6.39. The summed E-state index contributed by atoms with van der Waals surface area (Å²) in [4.78, 5) is 14.4. The Morgan fingerprint density at radius 1 is 1.25 bits per heavy atom. The number of alkyl halides is 3. The van der Waals surface area contributed by atoms with Crippen LogP contribution in [0, 0.1) is 5.92 Å². The number of aliphatic carboxylic acids is 1. The van der Waals surface area contributed by atoms with Gasteiger partial charge in [-0.1, -0.05) is 41.9 Å². The number of hydrogen-bond donors (Lipinski definition) is 1. The summed E-state index contributed by atoms with van der Waals surface area (Å²) in [5.41, 5.74) is -1.33. The van der Waals surface area contributed by atoms with Crippen molar-refractivity contribution < 1.29 is 23.1 Å². The fourth-order valence-electron chi connectivity index (χ4n) is 1.55. The van der Waals surface area contributed by atoms with Gasteiger partial charge in [-0.3, -0.25) is 4.99 Å². The molecule has 0 saturated carbocycles. The Kier molecular flexibility index (Phi) is 5.33. The summed E-state index contributed by atoms with van der Waals surface area (Å²) in [5.74, 6) is -1.92. The van der Waals surface area contributed by atoms with Gasteiger partial charge in [0.1, 0.15) is 11.8 Å². The van der Waals surface area contributed by atoms with Crippen LogP contribution in [0.2, 0.25) is 0 Å². The SMILES string of the molecule is CC(C)[C@H](N=C(c1ccc(Br)cc1)C(F)(F)F)C(=O)O. The van der Waals surface area contributed by atoms with E-state index in [1.807, 2.05) is 0 Å². The van der Waals surface area contributed by atoms with Crippen LogP contribution in [0.15, 0.2) is 33.7 Å². The first-order valence-corrected chi connectivity index (χ1v) is 6.56. The first-order chi connectivity index (χ1) is 9.12. The smallest absolute Gasteiger partial charge is 0.433 e. The molecule has 0 aliphatic heterocycles. The third-order valence-electron chi connectivity index (χ3n) is 2.54. The minimum absolute atomic E-state index is 0.160. The van der Waals surface area contributed by atoms with Gasteiger partial charge in [-0.15, -0.1) is 0 Å². The van der Waals surface area contributed by atoms with Crippen LogP contribution in [-0.2, 0) is 4.79 Å². The number of benzene rings is 1. The van der Waals surface area contributed by atoms with Gasteiger partial charge >= 0.3 is 12.1 Å². The summed E-state index contributed by atoms with van der Waals surface area (Å²) in [6.45, 7) is 3.02. The largest absolute Gasteiger partial charge is 0.480 e. The van der Waals surface area contributed by atoms with Gasteiger partial charge in [-0.25, -0.2) is 4.79 Å². The van der Waals surface area contributed by atoms with Crippen molar-refractivity contribution in [3.63, 3.8) is 0 Å². The number of hydrogen-bond acceptors (Lipinski definition) is 2. The highest BCUT2D eigenvalue weighted by molar-refractivity contribution is 9.10. The van der Waals surface area contributed by atoms with Crippen LogP contribution in [0.5, 0.6) is 0 Å². The average Bonchev–Trinajstić information content (AvgIpc) is 2.29. The van der Waals surface area contributed by atoms with E-state index in [-0.39, 0.29) is 5.56 Å². The minimum atomic E-state index is -4.71. The molecule has 20 heavy (non-hydrogen) atoms. The molecular formula is C13H13BrF3NO2. The van der Waals surface area contributed by atoms with Gasteiger partial charge in [0, 0.05) is 10.0 Å². The molecule has 110 valence electrons. The maximum absolute atomic E-state index is 13.1. The maximum Gasteiger partial charge on any atom is 0.433 e. The van der Waals surface area contributed by atoms with E-state index in [0.717, 1.165) is 0 Å². The maximum atomic E-state index is 13.1. The molecule has 1 atom stereocenters. The number of nitrogens with zero attached hydrogens (tertiary/aromatic N) is 1. The number of aliphatic imine (C=N–C) groups is 1. The molecule has 0 aliphatic rings. The molecule has 0 spiro atoms. The highest BCUT2D eigenvalue weighted by Crippen LogP contribution is 2.25. The van der Waals surface area contributed by atoms with Crippen LogP contribution in [0.25, 0.3) is 0 Å². The molecule has 0 unspecified atom stereocenters. The van der Waals surface area contributed by atoms with Gasteiger partial charge in [-0.05, 0) is 18.1 Å². The van der Waals surface area contributed by atoms with Crippen LogP contribution in [0.3, 0.4) is 0 Å². The molecule has 0 saturated heterocycles. The number of rotatable bonds is 4. The van der Waals surface area contributed by atoms with Crippen molar-refractivity contribution >= 4 is 27.6 Å². The van der Waals surface area contributed by atoms with Crippen molar-refractivity contribution in [2.45, 2.75) is 26.1 Å². The molecule has 7 heteroatoms. The molecule has 0 bridgehead atoms. The molecule has 0 heterocycles. The van der Waals surface area contributed by atoms with E-state index < -0.39 is 29.8 Å². The van der Waals surface area contributed by atoms with Crippen molar-refractivity contribution in [3.05, 3.63) is 34.3 Å². The number of carboxylic acids is 1. The lowest BCUT2D eigenvalue weighted by atomic mass is 10.0. The molecule has 0 radical (unpaired) electrons. The summed E-state index contributed by atoms with van der Waals surface area (Å²) in [6, 6.07) is 3.95. The highest BCUT2D eigenvalue weighted by atomic mass is 79.9. The van der Waals surface area contributed by atoms with Crippen molar-refractivity contribution in [3.8, 4) is 0 Å². The van der Waals surface area contributed by atoms with Crippen LogP contribution < -0.4 is 0 Å². The average molecular weight is 352 g/mol. The van der Waals surface area contributed by atoms with Crippen molar-refractivity contribution in [1.82, 2.24) is 0 Å². The van der Waals surface area contributed by atoms with Gasteiger partial charge in [0.25, 0.3) is 0 Å². The lowest BCUT2D eigenvalue weighted by molar-refractivity contribution is -0.139. The van der Waals surface area contributed by atoms with Crippen LogP contribution in [0.1, 0.15) is 19.4 Å². The minimum Gasteiger partial charge on any atom is -0.480 e. The molecule has 1 N–H and O–H groups in total. The first-order valence-electron chi connectivity index (χ1n) is 5.76. The van der Waals surface area contributed by atoms with E-state index in [0.29, 0.717) is 4.47 Å². The van der Waals surface area contributed by atoms with Gasteiger partial charge < -0.3 is 5.11 Å². The third-order valence-corrected chi connectivity index (χ3v) is 3.07. The summed E-state index contributed by atoms with van der Waals surface area (Å²) in [7, 11) is 0. The molecule has 1 rings (SSSR count).